The van der Waals surface area contributed by atoms with E-state index in [-0.39, 0.29) is 11.9 Å². The number of carbonyl (C=O) groups excluding carboxylic acids is 1. The number of halogens is 1. The van der Waals surface area contributed by atoms with Crippen molar-refractivity contribution < 1.29 is 14.3 Å². The van der Waals surface area contributed by atoms with Gasteiger partial charge in [0.25, 0.3) is 0 Å². The lowest BCUT2D eigenvalue weighted by atomic mass is 9.98. The molecule has 0 bridgehead atoms. The van der Waals surface area contributed by atoms with E-state index >= 15 is 0 Å². The summed E-state index contributed by atoms with van der Waals surface area (Å²) in [5.74, 6) is 1.21. The second-order valence-corrected chi connectivity index (χ2v) is 6.67. The molecule has 0 unspecified atom stereocenters. The third-order valence-corrected chi connectivity index (χ3v) is 4.73. The summed E-state index contributed by atoms with van der Waals surface area (Å²) in [6, 6.07) is 13.5. The molecule has 5 nitrogen and oxygen atoms in total. The van der Waals surface area contributed by atoms with Crippen LogP contribution in [0.25, 0.3) is 0 Å². The van der Waals surface area contributed by atoms with Crippen LogP contribution in [0.4, 0.5) is 0 Å². The van der Waals surface area contributed by atoms with Crippen molar-refractivity contribution in [3.8, 4) is 11.5 Å². The second-order valence-electron chi connectivity index (χ2n) is 5.75. The number of nitrogens with zero attached hydrogens (tertiary/aromatic N) is 2. The predicted molar refractivity (Wildman–Crippen MR) is 100 cm³/mol. The van der Waals surface area contributed by atoms with E-state index in [2.05, 4.69) is 21.0 Å². The van der Waals surface area contributed by atoms with Gasteiger partial charge in [-0.3, -0.25) is 4.79 Å². The molecule has 1 aliphatic rings. The highest BCUT2D eigenvalue weighted by Crippen LogP contribution is 2.37. The van der Waals surface area contributed by atoms with Crippen LogP contribution >= 0.6 is 15.9 Å². The lowest BCUT2D eigenvalue weighted by molar-refractivity contribution is -0.130. The van der Waals surface area contributed by atoms with Crippen LogP contribution in [-0.2, 0) is 4.79 Å². The van der Waals surface area contributed by atoms with Crippen molar-refractivity contribution in [2.45, 2.75) is 19.4 Å². The van der Waals surface area contributed by atoms with Crippen LogP contribution in [-0.4, -0.2) is 30.8 Å². The molecular weight excluding hydrogens is 384 g/mol. The van der Waals surface area contributed by atoms with Gasteiger partial charge in [-0.2, -0.15) is 5.10 Å². The minimum absolute atomic E-state index is 0.0908. The molecule has 1 amide bonds. The Balaban J connectivity index is 1.94. The topological polar surface area (TPSA) is 51.1 Å². The number of carbonyl (C=O) groups is 1. The highest BCUT2D eigenvalue weighted by Gasteiger charge is 2.31. The van der Waals surface area contributed by atoms with Gasteiger partial charge in [0.15, 0.2) is 11.5 Å². The zero-order chi connectivity index (χ0) is 18.0. The van der Waals surface area contributed by atoms with Gasteiger partial charge in [-0.05, 0) is 35.4 Å². The van der Waals surface area contributed by atoms with E-state index in [4.69, 9.17) is 9.47 Å². The van der Waals surface area contributed by atoms with Gasteiger partial charge < -0.3 is 9.47 Å². The highest BCUT2D eigenvalue weighted by atomic mass is 79.9. The number of hydrazone groups is 1. The maximum atomic E-state index is 12.1. The van der Waals surface area contributed by atoms with Gasteiger partial charge in [-0.1, -0.05) is 34.1 Å². The van der Waals surface area contributed by atoms with Gasteiger partial charge in [0.2, 0.25) is 5.91 Å². The van der Waals surface area contributed by atoms with Gasteiger partial charge in [0.05, 0.1) is 26.0 Å². The van der Waals surface area contributed by atoms with Crippen molar-refractivity contribution in [1.29, 1.82) is 0 Å². The Morgan fingerprint density at radius 3 is 2.40 bits per heavy atom. The average Bonchev–Trinajstić information content (AvgIpc) is 3.07. The second kappa shape index (κ2) is 7.27. The zero-order valence-electron chi connectivity index (χ0n) is 14.3. The first-order valence-corrected chi connectivity index (χ1v) is 8.68. The first-order chi connectivity index (χ1) is 12.0. The Kier molecular flexibility index (Phi) is 5.08. The maximum absolute atomic E-state index is 12.1. The van der Waals surface area contributed by atoms with Gasteiger partial charge in [0.1, 0.15) is 0 Å². The van der Waals surface area contributed by atoms with Gasteiger partial charge in [0, 0.05) is 17.8 Å². The molecule has 130 valence electrons. The summed E-state index contributed by atoms with van der Waals surface area (Å²) in [6.45, 7) is 1.53. The molecule has 1 atom stereocenters. The summed E-state index contributed by atoms with van der Waals surface area (Å²) in [5.41, 5.74) is 2.86. The molecule has 2 aromatic carbocycles. The Morgan fingerprint density at radius 2 is 1.80 bits per heavy atom. The van der Waals surface area contributed by atoms with Crippen LogP contribution in [0.5, 0.6) is 11.5 Å². The predicted octanol–water partition coefficient (Wildman–Crippen LogP) is 4.16. The summed E-state index contributed by atoms with van der Waals surface area (Å²) in [4.78, 5) is 12.1. The number of rotatable bonds is 4. The normalized spacial score (nSPS) is 16.6. The molecule has 1 heterocycles. The molecule has 3 rings (SSSR count). The van der Waals surface area contributed by atoms with Crippen molar-refractivity contribution in [3.05, 3.63) is 58.1 Å². The fourth-order valence-electron chi connectivity index (χ4n) is 2.94. The van der Waals surface area contributed by atoms with Gasteiger partial charge in [-0.15, -0.1) is 0 Å². The van der Waals surface area contributed by atoms with E-state index in [1.54, 1.807) is 19.2 Å². The fraction of sp³-hybridized carbons (Fsp3) is 0.263. The number of ether oxygens (including phenoxy) is 2. The lowest BCUT2D eigenvalue weighted by Gasteiger charge is -2.21. The summed E-state index contributed by atoms with van der Waals surface area (Å²) >= 11 is 3.44. The molecule has 25 heavy (non-hydrogen) atoms. The smallest absolute Gasteiger partial charge is 0.240 e. The van der Waals surface area contributed by atoms with Crippen LogP contribution in [0.1, 0.15) is 30.5 Å². The molecular formula is C19H19BrN2O3. The number of benzene rings is 2. The molecule has 1 aliphatic heterocycles. The Bertz CT molecular complexity index is 818. The molecule has 6 heteroatoms. The molecule has 0 fully saturated rings. The Labute approximate surface area is 155 Å². The molecule has 0 aliphatic carbocycles. The summed E-state index contributed by atoms with van der Waals surface area (Å²) < 4.78 is 11.7. The van der Waals surface area contributed by atoms with Crippen LogP contribution in [0, 0.1) is 0 Å². The molecule has 0 spiro atoms. The van der Waals surface area contributed by atoms with Crippen LogP contribution in [0.15, 0.2) is 52.0 Å². The van der Waals surface area contributed by atoms with Crippen LogP contribution in [0.3, 0.4) is 0 Å². The van der Waals surface area contributed by atoms with E-state index < -0.39 is 0 Å². The monoisotopic (exact) mass is 402 g/mol. The lowest BCUT2D eigenvalue weighted by Crippen LogP contribution is -2.24. The van der Waals surface area contributed by atoms with E-state index in [9.17, 15) is 4.79 Å². The first kappa shape index (κ1) is 17.5. The number of methoxy groups -OCH3 is 2. The standard InChI is InChI=1S/C19H19BrN2O3/c1-12(23)22-17(14-6-9-18(24-2)19(10-14)25-3)11-16(21-22)13-4-7-15(20)8-5-13/h4-10,17H,11H2,1-3H3/t17-/m0/s1. The van der Waals surface area contributed by atoms with Crippen LogP contribution in [0.2, 0.25) is 0 Å². The first-order valence-electron chi connectivity index (χ1n) is 7.88. The molecule has 0 saturated carbocycles. The van der Waals surface area contributed by atoms with E-state index in [1.807, 2.05) is 42.5 Å². The Hall–Kier alpha value is -2.34. The SMILES string of the molecule is COc1ccc([C@@H]2CC(c3ccc(Br)cc3)=NN2C(C)=O)cc1OC. The summed E-state index contributed by atoms with van der Waals surface area (Å²) in [5, 5.41) is 6.10. The van der Waals surface area contributed by atoms with Crippen molar-refractivity contribution in [3.63, 3.8) is 0 Å². The third-order valence-electron chi connectivity index (χ3n) is 4.20. The minimum atomic E-state index is -0.157. The minimum Gasteiger partial charge on any atom is -0.493 e. The third kappa shape index (κ3) is 3.54. The van der Waals surface area contributed by atoms with Crippen LogP contribution < -0.4 is 9.47 Å². The molecule has 2 aromatic rings. The molecule has 0 N–H and O–H groups in total. The average molecular weight is 403 g/mol. The van der Waals surface area contributed by atoms with E-state index in [0.29, 0.717) is 17.9 Å². The molecule has 0 saturated heterocycles. The van der Waals surface area contributed by atoms with Crippen molar-refractivity contribution >= 4 is 27.5 Å². The number of hydrogen-bond donors (Lipinski definition) is 0. The largest absolute Gasteiger partial charge is 0.493 e. The van der Waals surface area contributed by atoms with Gasteiger partial charge >= 0.3 is 0 Å². The number of amides is 1. The Morgan fingerprint density at radius 1 is 1.12 bits per heavy atom. The number of hydrogen-bond acceptors (Lipinski definition) is 4. The zero-order valence-corrected chi connectivity index (χ0v) is 15.9. The van der Waals surface area contributed by atoms with Crippen molar-refractivity contribution in [2.75, 3.05) is 14.2 Å². The fourth-order valence-corrected chi connectivity index (χ4v) is 3.20. The summed E-state index contributed by atoms with van der Waals surface area (Å²) in [7, 11) is 3.20. The van der Waals surface area contributed by atoms with E-state index in [1.165, 1.54) is 6.92 Å². The molecule has 0 radical (unpaired) electrons. The van der Waals surface area contributed by atoms with Crippen molar-refractivity contribution in [2.24, 2.45) is 5.10 Å². The van der Waals surface area contributed by atoms with Gasteiger partial charge in [-0.25, -0.2) is 5.01 Å². The summed E-state index contributed by atoms with van der Waals surface area (Å²) in [6.07, 6.45) is 0.649. The quantitative estimate of drug-likeness (QED) is 0.770. The maximum Gasteiger partial charge on any atom is 0.240 e. The highest BCUT2D eigenvalue weighted by molar-refractivity contribution is 9.10. The van der Waals surface area contributed by atoms with Crippen molar-refractivity contribution in [1.82, 2.24) is 5.01 Å². The molecule has 0 aromatic heterocycles. The van der Waals surface area contributed by atoms with E-state index in [0.717, 1.165) is 21.3 Å².